The Balaban J connectivity index is 1.72. The molecule has 1 aromatic heterocycles. The molecule has 2 N–H and O–H groups in total. The number of carbonyl (C=O) groups excluding carboxylic acids is 2. The van der Waals surface area contributed by atoms with Crippen molar-refractivity contribution in [3.05, 3.63) is 46.6 Å². The number of hydrogen-bond donors (Lipinski definition) is 2. The number of benzene rings is 1. The molecule has 1 heterocycles. The number of aromatic nitrogens is 2. The second-order valence-electron chi connectivity index (χ2n) is 16.3. The first-order chi connectivity index (χ1) is 30.7. The van der Waals surface area contributed by atoms with E-state index < -0.39 is 37.4 Å². The van der Waals surface area contributed by atoms with E-state index in [-0.39, 0.29) is 49.3 Å². The molecule has 0 saturated carbocycles. The van der Waals surface area contributed by atoms with E-state index in [0.717, 1.165) is 77.0 Å². The Morgan fingerprint density at radius 3 is 1.70 bits per heavy atom. The van der Waals surface area contributed by atoms with Crippen LogP contribution in [0.2, 0.25) is 0 Å². The number of phosphoric ester groups is 1. The smallest absolute Gasteiger partial charge is 0.462 e. The van der Waals surface area contributed by atoms with Crippen molar-refractivity contribution in [2.75, 3.05) is 31.7 Å². The molecule has 0 aliphatic carbocycles. The van der Waals surface area contributed by atoms with Gasteiger partial charge in [0.05, 0.1) is 23.8 Å². The summed E-state index contributed by atoms with van der Waals surface area (Å²) in [6, 6.07) is 2.65. The van der Waals surface area contributed by atoms with Crippen LogP contribution in [-0.2, 0) is 32.7 Å². The summed E-state index contributed by atoms with van der Waals surface area (Å²) in [5.74, 6) is -0.952. The van der Waals surface area contributed by atoms with E-state index in [0.29, 0.717) is 18.5 Å². The monoisotopic (exact) mass is 907 g/mol. The zero-order valence-corrected chi connectivity index (χ0v) is 39.4. The third-order valence-electron chi connectivity index (χ3n) is 10.7. The van der Waals surface area contributed by atoms with Crippen molar-refractivity contribution in [3.8, 4) is 0 Å². The number of fused-ring (bicyclic) bond motifs is 1. The van der Waals surface area contributed by atoms with Gasteiger partial charge in [0.15, 0.2) is 11.6 Å². The second kappa shape index (κ2) is 36.7. The van der Waals surface area contributed by atoms with E-state index in [1.165, 1.54) is 89.2 Å². The number of hydrogen-bond acceptors (Lipinski definition) is 13. The maximum Gasteiger partial charge on any atom is 0.472 e. The maximum absolute atomic E-state index is 12.8. The van der Waals surface area contributed by atoms with Gasteiger partial charge in [-0.1, -0.05) is 141 Å². The van der Waals surface area contributed by atoms with Crippen LogP contribution in [0.25, 0.3) is 11.0 Å². The third kappa shape index (κ3) is 28.7. The zero-order chi connectivity index (χ0) is 45.6. The topological polar surface area (TPSA) is 202 Å². The summed E-state index contributed by atoms with van der Waals surface area (Å²) in [5.41, 5.74) is 0.132. The van der Waals surface area contributed by atoms with Gasteiger partial charge in [0.25, 0.3) is 0 Å². The lowest BCUT2D eigenvalue weighted by Crippen LogP contribution is -2.29. The Kier molecular flexibility index (Phi) is 32.3. The number of nitro groups is 1. The number of allylic oxidation sites excluding steroid dienone is 4. The number of phosphoric acid groups is 1. The molecule has 2 atom stereocenters. The van der Waals surface area contributed by atoms with Crippen LogP contribution in [0.1, 0.15) is 194 Å². The first-order valence-electron chi connectivity index (χ1n) is 24.1. The molecule has 0 bridgehead atoms. The highest BCUT2D eigenvalue weighted by atomic mass is 31.2. The Morgan fingerprint density at radius 1 is 0.698 bits per heavy atom. The molecule has 63 heavy (non-hydrogen) atoms. The second-order valence-corrected chi connectivity index (χ2v) is 17.8. The molecule has 1 unspecified atom stereocenters. The number of rotatable bonds is 42. The summed E-state index contributed by atoms with van der Waals surface area (Å²) in [7, 11) is -4.63. The minimum absolute atomic E-state index is 0.00395. The SMILES string of the molecule is CCCCCCCC/C=C/CCCCCCCC(=O)OC[C@H](COP(=O)(O)OCCNc1ccc([N+](=O)[O-])c2nonc12)OC(=O)CCCCCCC/C=C/CCCCCCCC. The van der Waals surface area contributed by atoms with E-state index in [1.807, 2.05) is 0 Å². The van der Waals surface area contributed by atoms with Gasteiger partial charge in [0.1, 0.15) is 6.61 Å². The summed E-state index contributed by atoms with van der Waals surface area (Å²) in [5, 5.41) is 21.4. The lowest BCUT2D eigenvalue weighted by molar-refractivity contribution is -0.383. The summed E-state index contributed by atoms with van der Waals surface area (Å²) in [4.78, 5) is 46.4. The molecule has 0 aliphatic rings. The van der Waals surface area contributed by atoms with Gasteiger partial charge in [0.2, 0.25) is 5.52 Å². The highest BCUT2D eigenvalue weighted by Gasteiger charge is 2.26. The summed E-state index contributed by atoms with van der Waals surface area (Å²) in [6.07, 6.45) is 38.1. The predicted octanol–water partition coefficient (Wildman–Crippen LogP) is 13.2. The lowest BCUT2D eigenvalue weighted by Gasteiger charge is -2.20. The zero-order valence-electron chi connectivity index (χ0n) is 38.5. The largest absolute Gasteiger partial charge is 0.472 e. The fraction of sp³-hybridized carbons (Fsp3) is 0.745. The van der Waals surface area contributed by atoms with Crippen LogP contribution >= 0.6 is 7.82 Å². The minimum Gasteiger partial charge on any atom is -0.462 e. The molecule has 358 valence electrons. The number of nitrogens with one attached hydrogen (secondary N) is 1. The quantitative estimate of drug-likeness (QED) is 0.0159. The fourth-order valence-corrected chi connectivity index (χ4v) is 7.76. The fourth-order valence-electron chi connectivity index (χ4n) is 7.00. The number of nitro benzene ring substituents is 1. The van der Waals surface area contributed by atoms with Crippen molar-refractivity contribution in [3.63, 3.8) is 0 Å². The Hall–Kier alpha value is -3.65. The molecular formula is C47H79N4O11P. The molecule has 15 nitrogen and oxygen atoms in total. The van der Waals surface area contributed by atoms with E-state index in [9.17, 15) is 29.2 Å². The predicted molar refractivity (Wildman–Crippen MR) is 248 cm³/mol. The lowest BCUT2D eigenvalue weighted by atomic mass is 10.1. The van der Waals surface area contributed by atoms with Gasteiger partial charge in [-0.15, -0.1) is 0 Å². The van der Waals surface area contributed by atoms with Crippen LogP contribution in [0, 0.1) is 10.1 Å². The number of anilines is 1. The molecule has 0 radical (unpaired) electrons. The molecule has 0 spiro atoms. The van der Waals surface area contributed by atoms with Gasteiger partial charge in [-0.25, -0.2) is 9.19 Å². The summed E-state index contributed by atoms with van der Waals surface area (Å²) < 4.78 is 38.7. The molecule has 1 aromatic carbocycles. The van der Waals surface area contributed by atoms with Crippen molar-refractivity contribution >= 4 is 42.2 Å². The van der Waals surface area contributed by atoms with Gasteiger partial charge < -0.3 is 19.7 Å². The minimum atomic E-state index is -4.63. The first kappa shape index (κ1) is 55.5. The van der Waals surface area contributed by atoms with Crippen molar-refractivity contribution in [2.24, 2.45) is 0 Å². The van der Waals surface area contributed by atoms with Crippen LogP contribution in [0.4, 0.5) is 11.4 Å². The number of nitrogens with zero attached hydrogens (tertiary/aromatic N) is 3. The molecular weight excluding hydrogens is 828 g/mol. The molecule has 0 fully saturated rings. The van der Waals surface area contributed by atoms with E-state index in [4.69, 9.17) is 18.5 Å². The van der Waals surface area contributed by atoms with Gasteiger partial charge in [-0.2, -0.15) is 0 Å². The Bertz CT molecular complexity index is 1620. The third-order valence-corrected chi connectivity index (χ3v) is 11.7. The molecule has 2 rings (SSSR count). The van der Waals surface area contributed by atoms with Gasteiger partial charge in [-0.3, -0.25) is 28.8 Å². The van der Waals surface area contributed by atoms with Crippen LogP contribution < -0.4 is 5.32 Å². The number of unbranched alkanes of at least 4 members (excludes halogenated alkanes) is 22. The van der Waals surface area contributed by atoms with Crippen LogP contribution in [0.15, 0.2) is 41.1 Å². The number of ether oxygens (including phenoxy) is 2. The van der Waals surface area contributed by atoms with E-state index in [1.54, 1.807) is 0 Å². The first-order valence-corrected chi connectivity index (χ1v) is 25.6. The van der Waals surface area contributed by atoms with Crippen molar-refractivity contribution in [2.45, 2.75) is 200 Å². The van der Waals surface area contributed by atoms with Crippen molar-refractivity contribution < 1.29 is 47.1 Å². The standard InChI is InChI=1S/C47H79N4O11P/c1-3-5-7-9-11-13-15-17-19-21-23-25-27-29-31-33-44(52)58-39-41(61-45(53)34-32-30-28-26-24-22-20-18-16-14-12-10-8-6-4-2)40-60-63(56,57)59-38-37-48-42-35-36-43(51(54)55)47-46(42)49-62-50-47/h17-20,35-36,41,48H,3-16,21-34,37-40H2,1-2H3,(H,56,57)/b19-17+,20-18+/t41-/m1/s1. The summed E-state index contributed by atoms with van der Waals surface area (Å²) in [6.45, 7) is 3.31. The molecule has 0 aliphatic heterocycles. The highest BCUT2D eigenvalue weighted by molar-refractivity contribution is 7.47. The number of non-ortho nitro benzene ring substituents is 1. The van der Waals surface area contributed by atoms with E-state index >= 15 is 0 Å². The van der Waals surface area contributed by atoms with Gasteiger partial charge in [0, 0.05) is 25.5 Å². The van der Waals surface area contributed by atoms with Crippen LogP contribution in [0.3, 0.4) is 0 Å². The summed E-state index contributed by atoms with van der Waals surface area (Å²) >= 11 is 0. The normalized spacial score (nSPS) is 13.2. The maximum atomic E-state index is 12.8. The average Bonchev–Trinajstić information content (AvgIpc) is 3.76. The van der Waals surface area contributed by atoms with E-state index in [2.05, 4.69) is 58.4 Å². The molecule has 0 amide bonds. The average molecular weight is 907 g/mol. The van der Waals surface area contributed by atoms with Crippen molar-refractivity contribution in [1.82, 2.24) is 10.3 Å². The Labute approximate surface area is 376 Å². The molecule has 0 saturated heterocycles. The van der Waals surface area contributed by atoms with Crippen molar-refractivity contribution in [1.29, 1.82) is 0 Å². The van der Waals surface area contributed by atoms with Gasteiger partial charge in [-0.05, 0) is 80.6 Å². The molecule has 2 aromatic rings. The molecule has 16 heteroatoms. The Morgan fingerprint density at radius 2 is 1.17 bits per heavy atom. The highest BCUT2D eigenvalue weighted by Crippen LogP contribution is 2.43. The van der Waals surface area contributed by atoms with Crippen LogP contribution in [-0.4, -0.2) is 64.5 Å². The van der Waals surface area contributed by atoms with Gasteiger partial charge >= 0.3 is 25.4 Å². The number of carbonyl (C=O) groups is 2. The number of esters is 2. The van der Waals surface area contributed by atoms with Crippen LogP contribution in [0.5, 0.6) is 0 Å².